The van der Waals surface area contributed by atoms with Crippen molar-refractivity contribution in [3.05, 3.63) is 24.3 Å². The molecule has 0 aliphatic heterocycles. The van der Waals surface area contributed by atoms with Crippen molar-refractivity contribution >= 4 is 21.9 Å². The first-order valence-electron chi connectivity index (χ1n) is 5.08. The van der Waals surface area contributed by atoms with E-state index in [1.54, 1.807) is 0 Å². The molecular formula is C10H11F2NO6S. The van der Waals surface area contributed by atoms with Crippen LogP contribution in [0, 0.1) is 0 Å². The standard InChI is InChI=1S/C10H11F2NO6S/c1-18-8-4-2-7(3-5-8)13-9(14)19-6-10(11,12)20(15,16)17/h2-5H,6H2,1H3,(H,13,14)(H,15,16,17). The van der Waals surface area contributed by atoms with Crippen molar-refractivity contribution in [2.24, 2.45) is 0 Å². The van der Waals surface area contributed by atoms with Crippen molar-refractivity contribution in [1.82, 2.24) is 0 Å². The first kappa shape index (κ1) is 16.1. The maximum atomic E-state index is 12.8. The quantitative estimate of drug-likeness (QED) is 0.803. The number of amides is 1. The van der Waals surface area contributed by atoms with Crippen LogP contribution in [-0.2, 0) is 14.9 Å². The maximum Gasteiger partial charge on any atom is 0.411 e. The normalized spacial score (nSPS) is 11.8. The lowest BCUT2D eigenvalue weighted by Gasteiger charge is -2.13. The third-order valence-corrected chi connectivity index (χ3v) is 2.96. The summed E-state index contributed by atoms with van der Waals surface area (Å²) < 4.78 is 63.2. The average Bonchev–Trinajstić information content (AvgIpc) is 2.36. The molecule has 112 valence electrons. The number of carbonyl (C=O) groups is 1. The van der Waals surface area contributed by atoms with Crippen LogP contribution in [0.5, 0.6) is 5.75 Å². The molecule has 10 heteroatoms. The fourth-order valence-electron chi connectivity index (χ4n) is 1.05. The largest absolute Gasteiger partial charge is 0.497 e. The van der Waals surface area contributed by atoms with E-state index in [0.717, 1.165) is 0 Å². The Kier molecular flexibility index (Phi) is 4.84. The van der Waals surface area contributed by atoms with Gasteiger partial charge in [-0.15, -0.1) is 0 Å². The number of carbonyl (C=O) groups excluding carboxylic acids is 1. The van der Waals surface area contributed by atoms with Gasteiger partial charge in [-0.2, -0.15) is 17.2 Å². The summed E-state index contributed by atoms with van der Waals surface area (Å²) in [5, 5.41) is -2.47. The molecule has 1 aromatic rings. The van der Waals surface area contributed by atoms with Gasteiger partial charge in [0, 0.05) is 5.69 Å². The lowest BCUT2D eigenvalue weighted by molar-refractivity contribution is 0.0112. The Morgan fingerprint density at radius 1 is 1.35 bits per heavy atom. The minimum absolute atomic E-state index is 0.228. The maximum absolute atomic E-state index is 12.8. The molecule has 1 amide bonds. The van der Waals surface area contributed by atoms with Gasteiger partial charge in [-0.3, -0.25) is 9.87 Å². The third kappa shape index (κ3) is 4.31. The monoisotopic (exact) mass is 311 g/mol. The van der Waals surface area contributed by atoms with Gasteiger partial charge in [0.1, 0.15) is 5.75 Å². The van der Waals surface area contributed by atoms with E-state index in [9.17, 15) is 22.0 Å². The zero-order valence-electron chi connectivity index (χ0n) is 10.2. The molecule has 0 saturated carbocycles. The highest BCUT2D eigenvalue weighted by Gasteiger charge is 2.45. The molecule has 0 saturated heterocycles. The Balaban J connectivity index is 2.56. The van der Waals surface area contributed by atoms with Crippen LogP contribution in [0.3, 0.4) is 0 Å². The number of benzene rings is 1. The summed E-state index contributed by atoms with van der Waals surface area (Å²) in [5.74, 6) is 0.516. The summed E-state index contributed by atoms with van der Waals surface area (Å²) in [6.45, 7) is -1.80. The topological polar surface area (TPSA) is 102 Å². The lowest BCUT2D eigenvalue weighted by Crippen LogP contribution is -2.35. The average molecular weight is 311 g/mol. The number of anilines is 1. The molecule has 0 aliphatic rings. The van der Waals surface area contributed by atoms with Crippen molar-refractivity contribution in [2.45, 2.75) is 5.25 Å². The first-order chi connectivity index (χ1) is 9.15. The Morgan fingerprint density at radius 2 is 1.90 bits per heavy atom. The second-order valence-corrected chi connectivity index (χ2v) is 5.09. The van der Waals surface area contributed by atoms with E-state index >= 15 is 0 Å². The highest BCUT2D eigenvalue weighted by molar-refractivity contribution is 7.86. The van der Waals surface area contributed by atoms with Gasteiger partial charge in [0.25, 0.3) is 0 Å². The van der Waals surface area contributed by atoms with Gasteiger partial charge in [0.15, 0.2) is 6.61 Å². The molecule has 1 aromatic carbocycles. The van der Waals surface area contributed by atoms with Gasteiger partial charge >= 0.3 is 21.5 Å². The summed E-state index contributed by atoms with van der Waals surface area (Å²) in [6, 6.07) is 5.84. The van der Waals surface area contributed by atoms with E-state index < -0.39 is 28.1 Å². The van der Waals surface area contributed by atoms with E-state index in [0.29, 0.717) is 5.75 Å². The van der Waals surface area contributed by atoms with Crippen molar-refractivity contribution < 1.29 is 36.0 Å². The number of nitrogens with one attached hydrogen (secondary N) is 1. The Bertz CT molecular complexity index is 572. The van der Waals surface area contributed by atoms with E-state index in [4.69, 9.17) is 9.29 Å². The zero-order chi connectivity index (χ0) is 15.4. The zero-order valence-corrected chi connectivity index (χ0v) is 11.0. The van der Waals surface area contributed by atoms with E-state index in [-0.39, 0.29) is 5.69 Å². The molecule has 0 bridgehead atoms. The summed E-state index contributed by atoms with van der Waals surface area (Å²) in [4.78, 5) is 11.2. The predicted molar refractivity (Wildman–Crippen MR) is 64.5 cm³/mol. The second-order valence-electron chi connectivity index (χ2n) is 3.54. The summed E-state index contributed by atoms with van der Waals surface area (Å²) in [7, 11) is -4.20. The molecule has 0 atom stereocenters. The molecule has 0 unspecified atom stereocenters. The van der Waals surface area contributed by atoms with E-state index in [1.165, 1.54) is 31.4 Å². The number of hydrogen-bond acceptors (Lipinski definition) is 5. The van der Waals surface area contributed by atoms with Crippen LogP contribution in [0.2, 0.25) is 0 Å². The van der Waals surface area contributed by atoms with Crippen molar-refractivity contribution in [1.29, 1.82) is 0 Å². The summed E-state index contributed by atoms with van der Waals surface area (Å²) in [6.07, 6.45) is -1.29. The first-order valence-corrected chi connectivity index (χ1v) is 6.52. The predicted octanol–water partition coefficient (Wildman–Crippen LogP) is 1.72. The van der Waals surface area contributed by atoms with Gasteiger partial charge < -0.3 is 9.47 Å². The fourth-order valence-corrected chi connectivity index (χ4v) is 1.26. The number of methoxy groups -OCH3 is 1. The van der Waals surface area contributed by atoms with Gasteiger partial charge in [-0.05, 0) is 24.3 Å². The molecule has 20 heavy (non-hydrogen) atoms. The SMILES string of the molecule is COc1ccc(NC(=O)OCC(F)(F)S(=O)(=O)O)cc1. The van der Waals surface area contributed by atoms with Crippen molar-refractivity contribution in [2.75, 3.05) is 19.0 Å². The highest BCUT2D eigenvalue weighted by atomic mass is 32.2. The van der Waals surface area contributed by atoms with E-state index in [2.05, 4.69) is 10.1 Å². The van der Waals surface area contributed by atoms with Crippen LogP contribution in [0.1, 0.15) is 0 Å². The highest BCUT2D eigenvalue weighted by Crippen LogP contribution is 2.21. The summed E-state index contributed by atoms with van der Waals surface area (Å²) >= 11 is 0. The number of halogens is 2. The number of alkyl halides is 2. The molecule has 0 radical (unpaired) electrons. The molecule has 0 spiro atoms. The number of rotatable bonds is 5. The van der Waals surface area contributed by atoms with E-state index in [1.807, 2.05) is 0 Å². The summed E-state index contributed by atoms with van der Waals surface area (Å²) in [5.41, 5.74) is 0.228. The third-order valence-electron chi connectivity index (χ3n) is 2.09. The van der Waals surface area contributed by atoms with Crippen LogP contribution in [0.25, 0.3) is 0 Å². The number of hydrogen-bond donors (Lipinski definition) is 2. The molecular weight excluding hydrogens is 300 g/mol. The fraction of sp³-hybridized carbons (Fsp3) is 0.300. The lowest BCUT2D eigenvalue weighted by atomic mass is 10.3. The minimum Gasteiger partial charge on any atom is -0.497 e. The van der Waals surface area contributed by atoms with Crippen molar-refractivity contribution in [3.63, 3.8) is 0 Å². The van der Waals surface area contributed by atoms with Crippen molar-refractivity contribution in [3.8, 4) is 5.75 Å². The Hall–Kier alpha value is -1.94. The second kappa shape index (κ2) is 6.01. The van der Waals surface area contributed by atoms with Gasteiger partial charge in [0.2, 0.25) is 0 Å². The molecule has 2 N–H and O–H groups in total. The van der Waals surface area contributed by atoms with Gasteiger partial charge in [-0.25, -0.2) is 4.79 Å². The molecule has 7 nitrogen and oxygen atoms in total. The molecule has 0 aliphatic carbocycles. The van der Waals surface area contributed by atoms with Crippen LogP contribution >= 0.6 is 0 Å². The minimum atomic E-state index is -5.63. The van der Waals surface area contributed by atoms with Crippen LogP contribution in [-0.4, -0.2) is 38.0 Å². The van der Waals surface area contributed by atoms with Gasteiger partial charge in [-0.1, -0.05) is 0 Å². The van der Waals surface area contributed by atoms with Crippen LogP contribution in [0.15, 0.2) is 24.3 Å². The van der Waals surface area contributed by atoms with Crippen LogP contribution < -0.4 is 10.1 Å². The molecule has 0 aromatic heterocycles. The molecule has 1 rings (SSSR count). The molecule has 0 fully saturated rings. The smallest absolute Gasteiger partial charge is 0.411 e. The van der Waals surface area contributed by atoms with Gasteiger partial charge in [0.05, 0.1) is 7.11 Å². The number of ether oxygens (including phenoxy) is 2. The Morgan fingerprint density at radius 3 is 2.35 bits per heavy atom. The molecule has 0 heterocycles. The Labute approximate surface area is 113 Å². The van der Waals surface area contributed by atoms with Crippen LogP contribution in [0.4, 0.5) is 19.3 Å².